The molecule has 4 aromatic rings. The summed E-state index contributed by atoms with van der Waals surface area (Å²) in [5.74, 6) is 0.841. The van der Waals surface area contributed by atoms with Crippen LogP contribution >= 0.6 is 34.5 Å². The minimum absolute atomic E-state index is 0.0733. The normalized spacial score (nSPS) is 18.8. The number of aromatic hydroxyl groups is 1. The number of carbonyl (C=O) groups excluding carboxylic acids is 2. The van der Waals surface area contributed by atoms with Crippen LogP contribution in [0.5, 0.6) is 17.2 Å². The Hall–Kier alpha value is -4.03. The first kappa shape index (κ1) is 34.8. The van der Waals surface area contributed by atoms with Gasteiger partial charge in [0.25, 0.3) is 0 Å². The van der Waals surface area contributed by atoms with Crippen molar-refractivity contribution in [3.05, 3.63) is 97.4 Å². The van der Waals surface area contributed by atoms with E-state index in [1.807, 2.05) is 0 Å². The second-order valence-corrected chi connectivity index (χ2v) is 14.1. The van der Waals surface area contributed by atoms with Crippen LogP contribution in [0.25, 0.3) is 0 Å². The van der Waals surface area contributed by atoms with Crippen molar-refractivity contribution in [2.24, 2.45) is 5.92 Å². The van der Waals surface area contributed by atoms with Crippen LogP contribution in [0.2, 0.25) is 10.0 Å². The second kappa shape index (κ2) is 15.2. The van der Waals surface area contributed by atoms with Gasteiger partial charge in [-0.3, -0.25) is 14.8 Å². The molecule has 3 aliphatic rings. The summed E-state index contributed by atoms with van der Waals surface area (Å²) < 4.78 is 23.1. The fraction of sp³-hybridized carbons (Fsp3) is 0.361. The predicted molar refractivity (Wildman–Crippen MR) is 188 cm³/mol. The number of benzene rings is 2. The van der Waals surface area contributed by atoms with Crippen LogP contribution in [-0.2, 0) is 22.4 Å². The fourth-order valence-corrected chi connectivity index (χ4v) is 7.80. The van der Waals surface area contributed by atoms with E-state index in [4.69, 9.17) is 42.1 Å². The molecule has 0 aliphatic carbocycles. The number of hydrogen-bond donors (Lipinski definition) is 1. The van der Waals surface area contributed by atoms with Gasteiger partial charge in [0.2, 0.25) is 0 Å². The van der Waals surface area contributed by atoms with Crippen LogP contribution < -0.4 is 14.4 Å². The summed E-state index contributed by atoms with van der Waals surface area (Å²) in [5.41, 5.74) is 2.31. The number of carbonyl (C=O) groups is 2. The average Bonchev–Trinajstić information content (AvgIpc) is 3.59. The lowest BCUT2D eigenvalue weighted by Crippen LogP contribution is -2.53. The lowest BCUT2D eigenvalue weighted by Gasteiger charge is -2.44. The number of piperidine rings is 3. The number of methoxy groups -OCH3 is 2. The smallest absolute Gasteiger partial charge is 0.414 e. The number of ether oxygens (including phenoxy) is 4. The van der Waals surface area contributed by atoms with Crippen molar-refractivity contribution >= 4 is 52.3 Å². The third-order valence-corrected chi connectivity index (χ3v) is 10.9. The van der Waals surface area contributed by atoms with Gasteiger partial charge in [-0.25, -0.2) is 9.59 Å². The Morgan fingerprint density at radius 3 is 2.45 bits per heavy atom. The first-order valence-corrected chi connectivity index (χ1v) is 17.5. The summed E-state index contributed by atoms with van der Waals surface area (Å²) in [6, 6.07) is 13.8. The zero-order valence-corrected chi connectivity index (χ0v) is 29.7. The highest BCUT2D eigenvalue weighted by Crippen LogP contribution is 2.37. The van der Waals surface area contributed by atoms with Crippen molar-refractivity contribution in [3.8, 4) is 17.2 Å². The van der Waals surface area contributed by atoms with Gasteiger partial charge in [-0.2, -0.15) is 0 Å². The third-order valence-electron chi connectivity index (χ3n) is 9.18. The quantitative estimate of drug-likeness (QED) is 0.155. The van der Waals surface area contributed by atoms with E-state index in [9.17, 15) is 14.7 Å². The SMILES string of the molecule is COc1ccc([C@H](Cc2c(Cl)cncc2Cl)OC(=O)c2ccc(CN(C(=O)O[C@H]3CN4CCC3CC4)c3cccc(O)c3C)s2)cc1OC. The van der Waals surface area contributed by atoms with Crippen molar-refractivity contribution in [3.63, 3.8) is 0 Å². The lowest BCUT2D eigenvalue weighted by molar-refractivity contribution is -0.0311. The van der Waals surface area contributed by atoms with Crippen LogP contribution in [0, 0.1) is 12.8 Å². The van der Waals surface area contributed by atoms with E-state index in [2.05, 4.69) is 9.88 Å². The number of thiophene rings is 1. The monoisotopic (exact) mass is 725 g/mol. The molecule has 258 valence electrons. The van der Waals surface area contributed by atoms with Crippen molar-refractivity contribution in [1.29, 1.82) is 0 Å². The van der Waals surface area contributed by atoms with E-state index in [0.29, 0.717) is 54.7 Å². The van der Waals surface area contributed by atoms with E-state index >= 15 is 0 Å². The molecule has 2 aromatic carbocycles. The van der Waals surface area contributed by atoms with Gasteiger partial charge in [-0.15, -0.1) is 11.3 Å². The number of anilines is 1. The van der Waals surface area contributed by atoms with Gasteiger partial charge in [0.15, 0.2) is 11.5 Å². The van der Waals surface area contributed by atoms with E-state index < -0.39 is 18.2 Å². The summed E-state index contributed by atoms with van der Waals surface area (Å²) in [7, 11) is 3.07. The predicted octanol–water partition coefficient (Wildman–Crippen LogP) is 7.86. The van der Waals surface area contributed by atoms with Crippen molar-refractivity contribution < 1.29 is 33.6 Å². The number of fused-ring (bicyclic) bond motifs is 3. The lowest BCUT2D eigenvalue weighted by atomic mass is 9.86. The van der Waals surface area contributed by atoms with Crippen LogP contribution in [0.15, 0.2) is 60.9 Å². The van der Waals surface area contributed by atoms with Crippen LogP contribution in [0.4, 0.5) is 10.5 Å². The maximum Gasteiger partial charge on any atom is 0.414 e. The maximum absolute atomic E-state index is 13.8. The molecular formula is C36H37Cl2N3O7S. The number of esters is 1. The Bertz CT molecular complexity index is 1810. The molecule has 49 heavy (non-hydrogen) atoms. The zero-order valence-electron chi connectivity index (χ0n) is 27.4. The van der Waals surface area contributed by atoms with Gasteiger partial charge >= 0.3 is 12.1 Å². The maximum atomic E-state index is 13.8. The van der Waals surface area contributed by atoms with Crippen molar-refractivity contribution in [2.75, 3.05) is 38.8 Å². The zero-order chi connectivity index (χ0) is 34.7. The molecule has 2 aromatic heterocycles. The van der Waals surface area contributed by atoms with Gasteiger partial charge in [-0.05, 0) is 86.3 Å². The fourth-order valence-electron chi connectivity index (χ4n) is 6.40. The van der Waals surface area contributed by atoms with E-state index in [0.717, 1.165) is 37.4 Å². The molecule has 13 heteroatoms. The van der Waals surface area contributed by atoms with Gasteiger partial charge in [-0.1, -0.05) is 35.3 Å². The molecule has 1 N–H and O–H groups in total. The number of pyridine rings is 1. The molecule has 7 rings (SSSR count). The Morgan fingerprint density at radius 2 is 1.78 bits per heavy atom. The summed E-state index contributed by atoms with van der Waals surface area (Å²) in [5, 5.41) is 11.2. The highest BCUT2D eigenvalue weighted by Gasteiger charge is 2.38. The standard InChI is InChI=1S/C36H37Cl2N3O7S/c1-21-28(5-4-6-29(21)42)41(36(44)48-33-20-40-13-11-22(33)12-14-40)19-24-8-10-34(49-24)35(43)47-31(16-25-26(37)17-39-18-27(25)38)23-7-9-30(45-2)32(15-23)46-3/h4-10,15,17-18,22,31,33,42H,11-14,16,19-20H2,1-3H3/t31-,33-/m0/s1. The Kier molecular flexibility index (Phi) is 10.8. The number of amides is 1. The molecule has 3 fully saturated rings. The summed E-state index contributed by atoms with van der Waals surface area (Å²) >= 11 is 14.1. The van der Waals surface area contributed by atoms with Gasteiger partial charge < -0.3 is 24.1 Å². The molecule has 3 aliphatic heterocycles. The first-order chi connectivity index (χ1) is 23.6. The number of nitrogens with zero attached hydrogens (tertiary/aromatic N) is 3. The number of aromatic nitrogens is 1. The van der Waals surface area contributed by atoms with Crippen molar-refractivity contribution in [2.45, 2.75) is 44.9 Å². The number of rotatable bonds is 11. The van der Waals surface area contributed by atoms with E-state index in [1.54, 1.807) is 62.6 Å². The minimum Gasteiger partial charge on any atom is -0.508 e. The minimum atomic E-state index is -0.793. The van der Waals surface area contributed by atoms with Gasteiger partial charge in [0.05, 0.1) is 36.5 Å². The Labute approximate surface area is 299 Å². The van der Waals surface area contributed by atoms with Crippen LogP contribution in [-0.4, -0.2) is 67.0 Å². The molecule has 5 heterocycles. The topological polar surface area (TPSA) is 111 Å². The number of halogens is 2. The number of phenolic OH excluding ortho intramolecular Hbond substituents is 1. The van der Waals surface area contributed by atoms with Gasteiger partial charge in [0, 0.05) is 35.8 Å². The summed E-state index contributed by atoms with van der Waals surface area (Å²) in [6.45, 7) is 4.65. The molecular weight excluding hydrogens is 689 g/mol. The molecule has 0 saturated carbocycles. The summed E-state index contributed by atoms with van der Waals surface area (Å²) in [6.07, 6.45) is 3.68. The highest BCUT2D eigenvalue weighted by molar-refractivity contribution is 7.14. The average molecular weight is 727 g/mol. The number of phenols is 1. The molecule has 0 radical (unpaired) electrons. The van der Waals surface area contributed by atoms with Gasteiger partial charge in [0.1, 0.15) is 22.8 Å². The largest absolute Gasteiger partial charge is 0.508 e. The van der Waals surface area contributed by atoms with E-state index in [-0.39, 0.29) is 24.8 Å². The molecule has 10 nitrogen and oxygen atoms in total. The Balaban J connectivity index is 1.24. The highest BCUT2D eigenvalue weighted by atomic mass is 35.5. The van der Waals surface area contributed by atoms with Crippen LogP contribution in [0.3, 0.4) is 0 Å². The first-order valence-electron chi connectivity index (χ1n) is 15.9. The molecule has 0 spiro atoms. The van der Waals surface area contributed by atoms with Crippen LogP contribution in [0.1, 0.15) is 50.2 Å². The van der Waals surface area contributed by atoms with E-state index in [1.165, 1.54) is 35.7 Å². The Morgan fingerprint density at radius 1 is 1.04 bits per heavy atom. The molecule has 3 saturated heterocycles. The summed E-state index contributed by atoms with van der Waals surface area (Å²) in [4.78, 5) is 36.5. The molecule has 0 unspecified atom stereocenters. The number of hydrogen-bond acceptors (Lipinski definition) is 10. The molecule has 1 amide bonds. The molecule has 2 bridgehead atoms. The second-order valence-electron chi connectivity index (χ2n) is 12.1. The third kappa shape index (κ3) is 7.75. The molecule has 2 atom stereocenters. The van der Waals surface area contributed by atoms with Crippen molar-refractivity contribution in [1.82, 2.24) is 9.88 Å².